The van der Waals surface area contributed by atoms with Gasteiger partial charge in [-0.05, 0) is 49.0 Å². The van der Waals surface area contributed by atoms with Crippen LogP contribution < -0.4 is 4.90 Å². The standard InChI is InChI=1S/C21H15ClN2O2S3/c1-10-2-8-13(9-3-10)24-19(25)15-14(11-4-6-12(22)7-5-11)16-18(23-21(27)29-16)28-17(15)20(24)26/h2-9,14-15,17H,1H3,(H,23,27). The van der Waals surface area contributed by atoms with E-state index in [1.165, 1.54) is 28.0 Å². The van der Waals surface area contributed by atoms with Gasteiger partial charge in [0.1, 0.15) is 5.25 Å². The van der Waals surface area contributed by atoms with Crippen molar-refractivity contribution >= 4 is 64.4 Å². The first kappa shape index (κ1) is 19.1. The van der Waals surface area contributed by atoms with Crippen LogP contribution in [0.25, 0.3) is 0 Å². The van der Waals surface area contributed by atoms with Gasteiger partial charge in [-0.25, -0.2) is 4.90 Å². The Bertz CT molecular complexity index is 1180. The molecule has 1 fully saturated rings. The van der Waals surface area contributed by atoms with Gasteiger partial charge in [0.2, 0.25) is 11.8 Å². The molecule has 2 aliphatic rings. The van der Waals surface area contributed by atoms with Crippen LogP contribution in [0.15, 0.2) is 53.6 Å². The molecule has 2 aromatic carbocycles. The van der Waals surface area contributed by atoms with E-state index in [1.807, 2.05) is 55.5 Å². The zero-order chi connectivity index (χ0) is 20.3. The number of nitrogens with one attached hydrogen (secondary N) is 1. The molecule has 4 nitrogen and oxygen atoms in total. The lowest BCUT2D eigenvalue weighted by atomic mass is 9.83. The SMILES string of the molecule is Cc1ccc(N2C(=O)C3Sc4[nH]c(=S)sc4C(c4ccc(Cl)cc4)C3C2=O)cc1. The van der Waals surface area contributed by atoms with Crippen molar-refractivity contribution in [3.05, 3.63) is 73.5 Å². The molecule has 3 heterocycles. The number of nitrogens with zero attached hydrogens (tertiary/aromatic N) is 1. The number of hydrogen-bond acceptors (Lipinski definition) is 5. The van der Waals surface area contributed by atoms with Crippen LogP contribution in [0, 0.1) is 16.8 Å². The van der Waals surface area contributed by atoms with Crippen molar-refractivity contribution < 1.29 is 9.59 Å². The highest BCUT2D eigenvalue weighted by molar-refractivity contribution is 8.01. The number of thioether (sulfide) groups is 1. The van der Waals surface area contributed by atoms with E-state index in [2.05, 4.69) is 4.98 Å². The maximum absolute atomic E-state index is 13.5. The number of fused-ring (bicyclic) bond motifs is 2. The molecule has 8 heteroatoms. The predicted molar refractivity (Wildman–Crippen MR) is 120 cm³/mol. The van der Waals surface area contributed by atoms with Gasteiger partial charge in [0, 0.05) is 15.8 Å². The molecule has 0 saturated carbocycles. The van der Waals surface area contributed by atoms with Crippen molar-refractivity contribution in [3.63, 3.8) is 0 Å². The fraction of sp³-hybridized carbons (Fsp3) is 0.190. The summed E-state index contributed by atoms with van der Waals surface area (Å²) in [5.41, 5.74) is 2.66. The van der Waals surface area contributed by atoms with Crippen molar-refractivity contribution in [2.45, 2.75) is 23.1 Å². The highest BCUT2D eigenvalue weighted by Crippen LogP contribution is 2.54. The molecular formula is C21H15ClN2O2S3. The molecule has 29 heavy (non-hydrogen) atoms. The molecule has 5 rings (SSSR count). The minimum absolute atomic E-state index is 0.165. The Hall–Kier alpha value is -1.93. The maximum atomic E-state index is 13.5. The van der Waals surface area contributed by atoms with Gasteiger partial charge in [-0.3, -0.25) is 9.59 Å². The Balaban J connectivity index is 1.64. The van der Waals surface area contributed by atoms with Crippen LogP contribution in [-0.2, 0) is 9.59 Å². The van der Waals surface area contributed by atoms with Gasteiger partial charge in [0.05, 0.1) is 16.6 Å². The number of imide groups is 1. The topological polar surface area (TPSA) is 53.2 Å². The lowest BCUT2D eigenvalue weighted by Crippen LogP contribution is -2.32. The van der Waals surface area contributed by atoms with E-state index in [0.717, 1.165) is 21.0 Å². The molecule has 0 spiro atoms. The number of anilines is 1. The van der Waals surface area contributed by atoms with Gasteiger partial charge in [-0.15, -0.1) is 11.3 Å². The quantitative estimate of drug-likeness (QED) is 0.403. The summed E-state index contributed by atoms with van der Waals surface area (Å²) in [6.07, 6.45) is 0. The number of aromatic amines is 1. The fourth-order valence-electron chi connectivity index (χ4n) is 3.99. The van der Waals surface area contributed by atoms with Crippen LogP contribution in [0.5, 0.6) is 0 Å². The lowest BCUT2D eigenvalue weighted by Gasteiger charge is -2.29. The van der Waals surface area contributed by atoms with E-state index in [-0.39, 0.29) is 17.7 Å². The summed E-state index contributed by atoms with van der Waals surface area (Å²) in [6.45, 7) is 1.98. The first-order valence-corrected chi connectivity index (χ1v) is 11.5. The smallest absolute Gasteiger partial charge is 0.248 e. The van der Waals surface area contributed by atoms with E-state index in [4.69, 9.17) is 23.8 Å². The Labute approximate surface area is 185 Å². The number of thiazole rings is 1. The van der Waals surface area contributed by atoms with Gasteiger partial charge in [0.15, 0.2) is 3.95 Å². The summed E-state index contributed by atoms with van der Waals surface area (Å²) in [5, 5.41) is 1.03. The van der Waals surface area contributed by atoms with E-state index in [0.29, 0.717) is 14.7 Å². The molecule has 2 amide bonds. The number of carbonyl (C=O) groups excluding carboxylic acids is 2. The summed E-state index contributed by atoms with van der Waals surface area (Å²) < 4.78 is 0.650. The molecule has 0 bridgehead atoms. The van der Waals surface area contributed by atoms with Gasteiger partial charge < -0.3 is 4.98 Å². The summed E-state index contributed by atoms with van der Waals surface area (Å²) in [7, 11) is 0. The summed E-state index contributed by atoms with van der Waals surface area (Å²) >= 11 is 14.3. The van der Waals surface area contributed by atoms with Crippen molar-refractivity contribution in [1.29, 1.82) is 0 Å². The highest BCUT2D eigenvalue weighted by atomic mass is 35.5. The molecule has 1 N–H and O–H groups in total. The number of benzene rings is 2. The van der Waals surface area contributed by atoms with Crippen LogP contribution in [-0.4, -0.2) is 22.0 Å². The third-order valence-corrected chi connectivity index (χ3v) is 8.35. The van der Waals surface area contributed by atoms with Gasteiger partial charge in [-0.2, -0.15) is 0 Å². The number of aromatic nitrogens is 1. The van der Waals surface area contributed by atoms with Crippen LogP contribution in [0.3, 0.4) is 0 Å². The molecule has 1 aromatic heterocycles. The fourth-order valence-corrected chi connectivity index (χ4v) is 7.08. The first-order valence-electron chi connectivity index (χ1n) is 9.03. The second-order valence-corrected chi connectivity index (χ2v) is 10.5. The molecule has 146 valence electrons. The van der Waals surface area contributed by atoms with Gasteiger partial charge in [0.25, 0.3) is 0 Å². The number of amides is 2. The van der Waals surface area contributed by atoms with Gasteiger partial charge >= 0.3 is 0 Å². The van der Waals surface area contributed by atoms with Crippen LogP contribution in [0.1, 0.15) is 21.9 Å². The summed E-state index contributed by atoms with van der Waals surface area (Å²) in [4.78, 5) is 32.4. The zero-order valence-electron chi connectivity index (χ0n) is 15.2. The normalized spacial score (nSPS) is 23.2. The van der Waals surface area contributed by atoms with Crippen molar-refractivity contribution in [1.82, 2.24) is 4.98 Å². The number of rotatable bonds is 2. The van der Waals surface area contributed by atoms with Crippen LogP contribution in [0.2, 0.25) is 5.02 Å². The number of carbonyl (C=O) groups is 2. The molecular weight excluding hydrogens is 444 g/mol. The lowest BCUT2D eigenvalue weighted by molar-refractivity contribution is -0.122. The molecule has 1 saturated heterocycles. The second kappa shape index (κ2) is 7.09. The van der Waals surface area contributed by atoms with E-state index < -0.39 is 11.2 Å². The average Bonchev–Trinajstić information content (AvgIpc) is 3.19. The number of H-pyrrole nitrogens is 1. The highest BCUT2D eigenvalue weighted by Gasteiger charge is 2.56. The van der Waals surface area contributed by atoms with Crippen LogP contribution >= 0.6 is 46.9 Å². The van der Waals surface area contributed by atoms with Gasteiger partial charge in [-0.1, -0.05) is 53.2 Å². The van der Waals surface area contributed by atoms with Crippen molar-refractivity contribution in [3.8, 4) is 0 Å². The Morgan fingerprint density at radius 2 is 1.72 bits per heavy atom. The first-order chi connectivity index (χ1) is 13.9. The minimum atomic E-state index is -0.489. The van der Waals surface area contributed by atoms with Crippen molar-refractivity contribution in [2.75, 3.05) is 4.90 Å². The Morgan fingerprint density at radius 3 is 2.41 bits per heavy atom. The molecule has 0 radical (unpaired) electrons. The van der Waals surface area contributed by atoms with Crippen molar-refractivity contribution in [2.24, 2.45) is 5.92 Å². The molecule has 3 unspecified atom stereocenters. The van der Waals surface area contributed by atoms with Crippen LogP contribution in [0.4, 0.5) is 5.69 Å². The largest absolute Gasteiger partial charge is 0.332 e. The molecule has 2 aliphatic heterocycles. The Morgan fingerprint density at radius 1 is 1.03 bits per heavy atom. The number of hydrogen-bond donors (Lipinski definition) is 1. The zero-order valence-corrected chi connectivity index (χ0v) is 18.4. The van der Waals surface area contributed by atoms with E-state index in [9.17, 15) is 9.59 Å². The maximum Gasteiger partial charge on any atom is 0.248 e. The summed E-state index contributed by atoms with van der Waals surface area (Å²) in [5.74, 6) is -1.06. The summed E-state index contributed by atoms with van der Waals surface area (Å²) in [6, 6.07) is 15.0. The number of aryl methyl sites for hydroxylation is 1. The van der Waals surface area contributed by atoms with E-state index >= 15 is 0 Å². The molecule has 3 aromatic rings. The third kappa shape index (κ3) is 3.08. The second-order valence-electron chi connectivity index (χ2n) is 7.15. The predicted octanol–water partition coefficient (Wildman–Crippen LogP) is 5.56. The third-order valence-electron chi connectivity index (χ3n) is 5.35. The average molecular weight is 459 g/mol. The molecule has 0 aliphatic carbocycles. The monoisotopic (exact) mass is 458 g/mol. The van der Waals surface area contributed by atoms with E-state index in [1.54, 1.807) is 0 Å². The minimum Gasteiger partial charge on any atom is -0.332 e. The molecule has 3 atom stereocenters. The Kier molecular flexibility index (Phi) is 4.66. The number of halogens is 1.